The van der Waals surface area contributed by atoms with E-state index < -0.39 is 6.16 Å². The lowest BCUT2D eigenvalue weighted by Crippen LogP contribution is -1.98. The van der Waals surface area contributed by atoms with Crippen LogP contribution in [0.5, 0.6) is 0 Å². The number of hydrogen-bond acceptors (Lipinski definition) is 2. The first-order valence-corrected chi connectivity index (χ1v) is 4.06. The van der Waals surface area contributed by atoms with E-state index in [0.29, 0.717) is 0 Å². The topological polar surface area (TPSA) is 46.2 Å². The van der Waals surface area contributed by atoms with Gasteiger partial charge in [0.05, 0.1) is 0 Å². The summed E-state index contributed by atoms with van der Waals surface area (Å²) in [7, 11) is 0. The summed E-state index contributed by atoms with van der Waals surface area (Å²) >= 11 is 3.26. The van der Waals surface area contributed by atoms with Gasteiger partial charge >= 0.3 is 6.16 Å². The number of halogens is 1. The maximum atomic E-state index is 9.90. The monoisotopic (exact) mass is 229 g/mol. The number of ether oxygens (including phenoxy) is 1. The van der Waals surface area contributed by atoms with Crippen molar-refractivity contribution in [1.29, 1.82) is 0 Å². The molecule has 0 amide bonds. The first-order valence-electron chi connectivity index (χ1n) is 3.26. The van der Waals surface area contributed by atoms with Crippen LogP contribution in [0.1, 0.15) is 5.56 Å². The van der Waals surface area contributed by atoms with E-state index >= 15 is 0 Å². The second-order valence-corrected chi connectivity index (χ2v) is 3.08. The summed E-state index contributed by atoms with van der Waals surface area (Å²) in [5.74, 6) is 0. The molecule has 0 aliphatic heterocycles. The number of carbonyl (C=O) groups excluding carboxylic acids is 1. The largest absolute Gasteiger partial charge is 0.550 e. The molecule has 1 aromatic rings. The molecule has 0 bridgehead atoms. The van der Waals surface area contributed by atoms with Gasteiger partial charge in [-0.15, -0.1) is 0 Å². The van der Waals surface area contributed by atoms with Gasteiger partial charge in [0.1, 0.15) is 6.61 Å². The molecule has 0 saturated carbocycles. The van der Waals surface area contributed by atoms with Crippen LogP contribution < -0.4 is 0 Å². The van der Waals surface area contributed by atoms with Crippen molar-refractivity contribution in [2.75, 3.05) is 0 Å². The lowest BCUT2D eigenvalue weighted by atomic mass is 10.2. The van der Waals surface area contributed by atoms with Crippen LogP contribution in [-0.4, -0.2) is 6.16 Å². The summed E-state index contributed by atoms with van der Waals surface area (Å²) < 4.78 is 5.20. The van der Waals surface area contributed by atoms with Crippen molar-refractivity contribution in [3.8, 4) is 0 Å². The molecule has 63 valence electrons. The minimum absolute atomic E-state index is 0.0373. The average molecular weight is 230 g/mol. The fourth-order valence-corrected chi connectivity index (χ4v) is 0.987. The van der Waals surface area contributed by atoms with Gasteiger partial charge in [-0.05, 0) is 17.7 Å². The van der Waals surface area contributed by atoms with Gasteiger partial charge in [-0.3, -0.25) is 0 Å². The Morgan fingerprint density at radius 2 is 1.92 bits per heavy atom. The second-order valence-electron chi connectivity index (χ2n) is 2.17. The number of rotatable bonds is 2. The Hall–Kier alpha value is -1.03. The van der Waals surface area contributed by atoms with E-state index in [9.17, 15) is 9.90 Å². The second kappa shape index (κ2) is 4.11. The number of carbonyl (C=O) groups is 1. The molecule has 0 atom stereocenters. The van der Waals surface area contributed by atoms with Crippen LogP contribution in [0.4, 0.5) is 4.79 Å². The Bertz CT molecular complexity index is 268. The third-order valence-corrected chi connectivity index (χ3v) is 1.80. The van der Waals surface area contributed by atoms with E-state index in [1.165, 1.54) is 0 Å². The highest BCUT2D eigenvalue weighted by Crippen LogP contribution is 2.10. The zero-order valence-corrected chi connectivity index (χ0v) is 7.71. The van der Waals surface area contributed by atoms with E-state index in [2.05, 4.69) is 20.7 Å². The highest BCUT2D eigenvalue weighted by atomic mass is 79.9. The van der Waals surface area contributed by atoms with Crippen LogP contribution >= 0.6 is 15.9 Å². The highest BCUT2D eigenvalue weighted by Gasteiger charge is 1.99. The molecule has 1 radical (unpaired) electrons. The van der Waals surface area contributed by atoms with Crippen LogP contribution in [0.15, 0.2) is 28.7 Å². The predicted octanol–water partition coefficient (Wildman–Crippen LogP) is 2.52. The minimum Gasteiger partial charge on any atom is -0.427 e. The van der Waals surface area contributed by atoms with Crippen LogP contribution in [0.2, 0.25) is 0 Å². The lowest BCUT2D eigenvalue weighted by Gasteiger charge is -1.98. The quantitative estimate of drug-likeness (QED) is 0.732. The third-order valence-electron chi connectivity index (χ3n) is 1.27. The van der Waals surface area contributed by atoms with Crippen molar-refractivity contribution in [3.05, 3.63) is 34.3 Å². The number of hydrogen-bond donors (Lipinski definition) is 0. The van der Waals surface area contributed by atoms with Gasteiger partial charge < -0.3 is 4.74 Å². The molecule has 0 N–H and O–H groups in total. The summed E-state index contributed by atoms with van der Waals surface area (Å²) in [5, 5.41) is 9.90. The molecule has 4 heteroatoms. The average Bonchev–Trinajstić information content (AvgIpc) is 2.03. The Morgan fingerprint density at radius 3 is 2.42 bits per heavy atom. The molecule has 12 heavy (non-hydrogen) atoms. The normalized spacial score (nSPS) is 9.42. The zero-order chi connectivity index (χ0) is 8.97. The van der Waals surface area contributed by atoms with Gasteiger partial charge in [-0.2, -0.15) is 9.90 Å². The molecule has 1 rings (SSSR count). The standard InChI is InChI=1S/C8H6BrO3/c9-7-3-1-6(2-4-7)5-12-8(10)11/h1-4H,5H2. The summed E-state index contributed by atoms with van der Waals surface area (Å²) in [4.78, 5) is 9.90. The van der Waals surface area contributed by atoms with E-state index in [0.717, 1.165) is 10.0 Å². The van der Waals surface area contributed by atoms with E-state index in [1.807, 2.05) is 12.1 Å². The Balaban J connectivity index is 2.53. The molecule has 0 aliphatic rings. The van der Waals surface area contributed by atoms with Crippen molar-refractivity contribution in [1.82, 2.24) is 0 Å². The Kier molecular flexibility index (Phi) is 3.10. The first-order chi connectivity index (χ1) is 5.68. The molecule has 1 aromatic carbocycles. The first kappa shape index (κ1) is 9.06. The number of benzene rings is 1. The lowest BCUT2D eigenvalue weighted by molar-refractivity contribution is 0.0619. The Morgan fingerprint density at radius 1 is 1.33 bits per heavy atom. The van der Waals surface area contributed by atoms with Crippen molar-refractivity contribution in [2.24, 2.45) is 0 Å². The summed E-state index contributed by atoms with van der Waals surface area (Å²) in [6.07, 6.45) is -1.50. The van der Waals surface area contributed by atoms with Gasteiger partial charge in [-0.1, -0.05) is 28.1 Å². The van der Waals surface area contributed by atoms with Crippen LogP contribution in [0, 0.1) is 0 Å². The van der Waals surface area contributed by atoms with Crippen molar-refractivity contribution < 1.29 is 14.6 Å². The summed E-state index contributed by atoms with van der Waals surface area (Å²) in [6, 6.07) is 7.17. The molecule has 0 spiro atoms. The molecule has 0 aromatic heterocycles. The predicted molar refractivity (Wildman–Crippen MR) is 45.0 cm³/mol. The molecular weight excluding hydrogens is 224 g/mol. The van der Waals surface area contributed by atoms with E-state index in [-0.39, 0.29) is 6.61 Å². The molecule has 0 fully saturated rings. The zero-order valence-electron chi connectivity index (χ0n) is 6.12. The molecular formula is C8H6BrO3. The van der Waals surface area contributed by atoms with Gasteiger partial charge in [0.2, 0.25) is 0 Å². The van der Waals surface area contributed by atoms with E-state index in [1.54, 1.807) is 12.1 Å². The fourth-order valence-electron chi connectivity index (χ4n) is 0.723. The molecule has 0 aliphatic carbocycles. The van der Waals surface area contributed by atoms with E-state index in [4.69, 9.17) is 0 Å². The fraction of sp³-hybridized carbons (Fsp3) is 0.125. The van der Waals surface area contributed by atoms with Crippen molar-refractivity contribution in [3.63, 3.8) is 0 Å². The Labute approximate surface area is 78.1 Å². The molecule has 3 nitrogen and oxygen atoms in total. The van der Waals surface area contributed by atoms with Crippen molar-refractivity contribution >= 4 is 22.1 Å². The van der Waals surface area contributed by atoms with Gasteiger partial charge in [-0.25, -0.2) is 0 Å². The maximum Gasteiger partial charge on any atom is 0.550 e. The highest BCUT2D eigenvalue weighted by molar-refractivity contribution is 9.10. The van der Waals surface area contributed by atoms with Gasteiger partial charge in [0.15, 0.2) is 0 Å². The minimum atomic E-state index is -1.50. The summed E-state index contributed by atoms with van der Waals surface area (Å²) in [5.41, 5.74) is 0.794. The van der Waals surface area contributed by atoms with Crippen LogP contribution in [0.25, 0.3) is 0 Å². The van der Waals surface area contributed by atoms with Crippen molar-refractivity contribution in [2.45, 2.75) is 6.61 Å². The maximum absolute atomic E-state index is 9.90. The molecule has 0 heterocycles. The van der Waals surface area contributed by atoms with Gasteiger partial charge in [0.25, 0.3) is 0 Å². The van der Waals surface area contributed by atoms with Crippen LogP contribution in [-0.2, 0) is 16.5 Å². The SMILES string of the molecule is [O]C(=O)OCc1ccc(Br)cc1. The smallest absolute Gasteiger partial charge is 0.427 e. The van der Waals surface area contributed by atoms with Crippen LogP contribution in [0.3, 0.4) is 0 Å². The third kappa shape index (κ3) is 2.92. The molecule has 0 unspecified atom stereocenters. The summed E-state index contributed by atoms with van der Waals surface area (Å²) in [6.45, 7) is 0.0373. The van der Waals surface area contributed by atoms with Gasteiger partial charge in [0, 0.05) is 4.47 Å². The molecule has 0 saturated heterocycles.